The number of methoxy groups -OCH3 is 1. The maximum atomic E-state index is 11.8. The molecule has 1 saturated heterocycles. The molecular formula is C16H33N3O2. The van der Waals surface area contributed by atoms with E-state index in [1.54, 1.807) is 0 Å². The van der Waals surface area contributed by atoms with Crippen molar-refractivity contribution < 1.29 is 9.53 Å². The molecule has 2 atom stereocenters. The van der Waals surface area contributed by atoms with Crippen LogP contribution in [-0.2, 0) is 9.53 Å². The number of nitrogens with one attached hydrogen (secondary N) is 1. The zero-order chi connectivity index (χ0) is 15.9. The van der Waals surface area contributed by atoms with E-state index in [9.17, 15) is 4.79 Å². The molecule has 21 heavy (non-hydrogen) atoms. The van der Waals surface area contributed by atoms with Gasteiger partial charge in [0.05, 0.1) is 7.11 Å². The molecule has 1 N–H and O–H groups in total. The van der Waals surface area contributed by atoms with Crippen LogP contribution in [0.1, 0.15) is 39.0 Å². The lowest BCUT2D eigenvalue weighted by molar-refractivity contribution is -0.148. The zero-order valence-corrected chi connectivity index (χ0v) is 14.4. The van der Waals surface area contributed by atoms with E-state index in [4.69, 9.17) is 4.74 Å². The molecule has 5 heteroatoms. The molecule has 1 aliphatic heterocycles. The van der Waals surface area contributed by atoms with E-state index >= 15 is 0 Å². The molecule has 0 aliphatic carbocycles. The summed E-state index contributed by atoms with van der Waals surface area (Å²) in [6, 6.07) is 0.705. The summed E-state index contributed by atoms with van der Waals surface area (Å²) in [5, 5.41) is 3.10. The maximum Gasteiger partial charge on any atom is 0.325 e. The summed E-state index contributed by atoms with van der Waals surface area (Å²) in [7, 11) is 7.56. The molecule has 1 fully saturated rings. The lowest BCUT2D eigenvalue weighted by Gasteiger charge is -2.28. The highest BCUT2D eigenvalue weighted by molar-refractivity contribution is 5.80. The fourth-order valence-electron chi connectivity index (χ4n) is 3.17. The van der Waals surface area contributed by atoms with Crippen LogP contribution in [0.15, 0.2) is 0 Å². The molecule has 1 heterocycles. The second kappa shape index (κ2) is 8.71. The van der Waals surface area contributed by atoms with E-state index in [-0.39, 0.29) is 5.97 Å². The van der Waals surface area contributed by atoms with Gasteiger partial charge in [0.1, 0.15) is 5.54 Å². The first-order valence-corrected chi connectivity index (χ1v) is 8.09. The molecule has 2 unspecified atom stereocenters. The van der Waals surface area contributed by atoms with Gasteiger partial charge in [-0.05, 0) is 73.3 Å². The van der Waals surface area contributed by atoms with Gasteiger partial charge in [-0.1, -0.05) is 0 Å². The highest BCUT2D eigenvalue weighted by Crippen LogP contribution is 2.20. The smallest absolute Gasteiger partial charge is 0.325 e. The molecule has 0 amide bonds. The minimum Gasteiger partial charge on any atom is -0.468 e. The topological polar surface area (TPSA) is 44.8 Å². The molecule has 0 aromatic heterocycles. The van der Waals surface area contributed by atoms with Crippen LogP contribution < -0.4 is 5.32 Å². The largest absolute Gasteiger partial charge is 0.468 e. The Balaban J connectivity index is 2.31. The summed E-state index contributed by atoms with van der Waals surface area (Å²) in [6.45, 7) is 5.43. The number of ether oxygens (including phenoxy) is 1. The van der Waals surface area contributed by atoms with E-state index in [1.807, 2.05) is 14.0 Å². The second-order valence-corrected chi connectivity index (χ2v) is 6.63. The minimum atomic E-state index is -0.553. The van der Waals surface area contributed by atoms with Gasteiger partial charge in [0.15, 0.2) is 0 Å². The van der Waals surface area contributed by atoms with Crippen LogP contribution in [0.3, 0.4) is 0 Å². The summed E-state index contributed by atoms with van der Waals surface area (Å²) in [4.78, 5) is 16.7. The van der Waals surface area contributed by atoms with Crippen molar-refractivity contribution in [1.29, 1.82) is 0 Å². The summed E-state index contributed by atoms with van der Waals surface area (Å²) < 4.78 is 4.88. The van der Waals surface area contributed by atoms with E-state index in [2.05, 4.69) is 29.2 Å². The quantitative estimate of drug-likeness (QED) is 0.514. The van der Waals surface area contributed by atoms with Crippen LogP contribution in [0.2, 0.25) is 0 Å². The summed E-state index contributed by atoms with van der Waals surface area (Å²) >= 11 is 0. The number of hydrogen-bond donors (Lipinski definition) is 1. The molecule has 0 spiro atoms. The monoisotopic (exact) mass is 299 g/mol. The maximum absolute atomic E-state index is 11.8. The Morgan fingerprint density at radius 1 is 1.43 bits per heavy atom. The summed E-state index contributed by atoms with van der Waals surface area (Å²) in [5.41, 5.74) is -0.553. The van der Waals surface area contributed by atoms with Crippen molar-refractivity contribution in [3.63, 3.8) is 0 Å². The van der Waals surface area contributed by atoms with Gasteiger partial charge < -0.3 is 15.0 Å². The third kappa shape index (κ3) is 5.57. The summed E-state index contributed by atoms with van der Waals surface area (Å²) in [6.07, 6.45) is 5.63. The highest BCUT2D eigenvalue weighted by atomic mass is 16.5. The van der Waals surface area contributed by atoms with Crippen LogP contribution in [0.5, 0.6) is 0 Å². The molecule has 1 rings (SSSR count). The number of carbonyl (C=O) groups is 1. The number of nitrogens with zero attached hydrogens (tertiary/aromatic N) is 2. The van der Waals surface area contributed by atoms with Gasteiger partial charge in [0.2, 0.25) is 0 Å². The average Bonchev–Trinajstić information content (AvgIpc) is 2.88. The standard InChI is InChI=1S/C16H33N3O2/c1-16(17-2,15(20)21-5)10-6-7-11-19-12-8-9-14(19)13-18(3)4/h14,17H,6-13H2,1-5H3. The molecule has 124 valence electrons. The number of esters is 1. The molecular weight excluding hydrogens is 266 g/mol. The Labute approximate surface area is 130 Å². The van der Waals surface area contributed by atoms with Crippen molar-refractivity contribution in [2.75, 3.05) is 47.9 Å². The molecule has 5 nitrogen and oxygen atoms in total. The van der Waals surface area contributed by atoms with Crippen LogP contribution >= 0.6 is 0 Å². The van der Waals surface area contributed by atoms with Gasteiger partial charge in [-0.3, -0.25) is 9.69 Å². The van der Waals surface area contributed by atoms with Crippen molar-refractivity contribution in [3.05, 3.63) is 0 Å². The molecule has 1 aliphatic rings. The SMILES string of the molecule is CNC(C)(CCCCN1CCCC1CN(C)C)C(=O)OC. The van der Waals surface area contributed by atoms with Gasteiger partial charge in [-0.2, -0.15) is 0 Å². The normalized spacial score (nSPS) is 22.5. The van der Waals surface area contributed by atoms with Crippen molar-refractivity contribution in [2.24, 2.45) is 0 Å². The lowest BCUT2D eigenvalue weighted by atomic mass is 9.95. The predicted molar refractivity (Wildman–Crippen MR) is 86.5 cm³/mol. The zero-order valence-electron chi connectivity index (χ0n) is 14.4. The Morgan fingerprint density at radius 2 is 2.14 bits per heavy atom. The fraction of sp³-hybridized carbons (Fsp3) is 0.938. The predicted octanol–water partition coefficient (Wildman–Crippen LogP) is 1.33. The van der Waals surface area contributed by atoms with Gasteiger partial charge >= 0.3 is 5.97 Å². The Morgan fingerprint density at radius 3 is 2.71 bits per heavy atom. The molecule has 0 aromatic carbocycles. The molecule has 0 bridgehead atoms. The summed E-state index contributed by atoms with van der Waals surface area (Å²) in [5.74, 6) is -0.170. The van der Waals surface area contributed by atoms with E-state index in [1.165, 1.54) is 26.5 Å². The third-order valence-corrected chi connectivity index (χ3v) is 4.63. The average molecular weight is 299 g/mol. The molecule has 0 aromatic rings. The van der Waals surface area contributed by atoms with E-state index in [0.717, 1.165) is 32.4 Å². The van der Waals surface area contributed by atoms with E-state index in [0.29, 0.717) is 6.04 Å². The van der Waals surface area contributed by atoms with Crippen molar-refractivity contribution in [3.8, 4) is 0 Å². The number of likely N-dealkylation sites (N-methyl/N-ethyl adjacent to an activating group) is 2. The Bertz CT molecular complexity index is 323. The first kappa shape index (κ1) is 18.4. The van der Waals surface area contributed by atoms with Crippen molar-refractivity contribution in [1.82, 2.24) is 15.1 Å². The van der Waals surface area contributed by atoms with Gasteiger partial charge in [-0.25, -0.2) is 0 Å². The van der Waals surface area contributed by atoms with Gasteiger partial charge in [0.25, 0.3) is 0 Å². The van der Waals surface area contributed by atoms with Crippen LogP contribution in [0, 0.1) is 0 Å². The number of likely N-dealkylation sites (tertiary alicyclic amines) is 1. The Hall–Kier alpha value is -0.650. The van der Waals surface area contributed by atoms with Crippen LogP contribution in [0.25, 0.3) is 0 Å². The number of carbonyl (C=O) groups excluding carboxylic acids is 1. The third-order valence-electron chi connectivity index (χ3n) is 4.63. The van der Waals surface area contributed by atoms with Crippen molar-refractivity contribution in [2.45, 2.75) is 50.6 Å². The lowest BCUT2D eigenvalue weighted by Crippen LogP contribution is -2.48. The first-order valence-electron chi connectivity index (χ1n) is 8.09. The second-order valence-electron chi connectivity index (χ2n) is 6.63. The van der Waals surface area contributed by atoms with Gasteiger partial charge in [-0.15, -0.1) is 0 Å². The van der Waals surface area contributed by atoms with Gasteiger partial charge in [0, 0.05) is 12.6 Å². The molecule has 0 radical (unpaired) electrons. The van der Waals surface area contributed by atoms with Crippen LogP contribution in [0.4, 0.5) is 0 Å². The number of rotatable bonds is 9. The minimum absolute atomic E-state index is 0.170. The fourth-order valence-corrected chi connectivity index (χ4v) is 3.17. The van der Waals surface area contributed by atoms with Crippen molar-refractivity contribution >= 4 is 5.97 Å². The number of unbranched alkanes of at least 4 members (excludes halogenated alkanes) is 1. The van der Waals surface area contributed by atoms with Crippen LogP contribution in [-0.4, -0.2) is 75.2 Å². The highest BCUT2D eigenvalue weighted by Gasteiger charge is 2.32. The number of hydrogen-bond acceptors (Lipinski definition) is 5. The van der Waals surface area contributed by atoms with E-state index < -0.39 is 5.54 Å². The Kier molecular flexibility index (Phi) is 7.63. The first-order chi connectivity index (χ1) is 9.92. The molecule has 0 saturated carbocycles.